The van der Waals surface area contributed by atoms with Crippen LogP contribution in [0.4, 0.5) is 10.1 Å². The van der Waals surface area contributed by atoms with E-state index < -0.39 is 0 Å². The van der Waals surface area contributed by atoms with Gasteiger partial charge >= 0.3 is 5.97 Å². The van der Waals surface area contributed by atoms with Gasteiger partial charge in [-0.25, -0.2) is 4.39 Å². The maximum absolute atomic E-state index is 13.4. The number of fused-ring (bicyclic) bond motifs is 1. The van der Waals surface area contributed by atoms with Gasteiger partial charge in [0.2, 0.25) is 0 Å². The van der Waals surface area contributed by atoms with Crippen LogP contribution in [-0.2, 0) is 35.4 Å². The average molecular weight is 575 g/mol. The highest BCUT2D eigenvalue weighted by atomic mass is 19.1. The molecule has 1 unspecified atom stereocenters. The summed E-state index contributed by atoms with van der Waals surface area (Å²) in [6.07, 6.45) is 4.45. The molecular formula is C35H43FN2O4. The quantitative estimate of drug-likeness (QED) is 0.300. The summed E-state index contributed by atoms with van der Waals surface area (Å²) in [5, 5.41) is 10.5. The zero-order chi connectivity index (χ0) is 30.0. The number of nitrogens with zero attached hydrogens (tertiary/aromatic N) is 2. The first-order valence-corrected chi connectivity index (χ1v) is 15.1. The number of hydrogen-bond donors (Lipinski definition) is 1. The number of pyridine rings is 1. The van der Waals surface area contributed by atoms with E-state index in [2.05, 4.69) is 24.8 Å². The molecule has 2 aliphatic heterocycles. The molecule has 7 heteroatoms. The van der Waals surface area contributed by atoms with Crippen molar-refractivity contribution in [2.24, 2.45) is 5.41 Å². The fourth-order valence-corrected chi connectivity index (χ4v) is 6.18. The van der Waals surface area contributed by atoms with Crippen molar-refractivity contribution >= 4 is 11.7 Å². The molecule has 0 spiro atoms. The highest BCUT2D eigenvalue weighted by molar-refractivity contribution is 5.87. The number of ether oxygens (including phenoxy) is 2. The molecule has 1 aromatic heterocycles. The lowest BCUT2D eigenvalue weighted by molar-refractivity contribution is -0.146. The second-order valence-electron chi connectivity index (χ2n) is 12.8. The molecule has 224 valence electrons. The van der Waals surface area contributed by atoms with E-state index in [1.54, 1.807) is 0 Å². The summed E-state index contributed by atoms with van der Waals surface area (Å²) in [6, 6.07) is 12.8. The number of benzene rings is 2. The molecule has 1 atom stereocenters. The molecule has 3 heterocycles. The van der Waals surface area contributed by atoms with Gasteiger partial charge in [-0.2, -0.15) is 0 Å². The maximum atomic E-state index is 13.4. The van der Waals surface area contributed by atoms with Crippen LogP contribution in [-0.4, -0.2) is 41.4 Å². The van der Waals surface area contributed by atoms with Crippen molar-refractivity contribution in [2.75, 3.05) is 18.0 Å². The van der Waals surface area contributed by atoms with Gasteiger partial charge in [0.1, 0.15) is 17.7 Å². The van der Waals surface area contributed by atoms with Gasteiger partial charge in [0, 0.05) is 36.3 Å². The van der Waals surface area contributed by atoms with E-state index in [0.717, 1.165) is 90.1 Å². The Hall–Kier alpha value is -3.45. The first-order chi connectivity index (χ1) is 20.0. The molecular weight excluding hydrogens is 531 g/mol. The Labute approximate surface area is 248 Å². The third-order valence-corrected chi connectivity index (χ3v) is 8.58. The molecule has 3 aromatic rings. The van der Waals surface area contributed by atoms with Gasteiger partial charge in [-0.15, -0.1) is 0 Å². The number of esters is 1. The Kier molecular flexibility index (Phi) is 8.88. The van der Waals surface area contributed by atoms with Crippen LogP contribution >= 0.6 is 0 Å². The lowest BCUT2D eigenvalue weighted by Crippen LogP contribution is -2.38. The Balaban J connectivity index is 1.52. The molecule has 2 aliphatic rings. The summed E-state index contributed by atoms with van der Waals surface area (Å²) in [7, 11) is 0. The van der Waals surface area contributed by atoms with E-state index in [1.807, 2.05) is 45.0 Å². The minimum absolute atomic E-state index is 0.0219. The maximum Gasteiger partial charge on any atom is 0.310 e. The highest BCUT2D eigenvalue weighted by Crippen LogP contribution is 2.43. The highest BCUT2D eigenvalue weighted by Gasteiger charge is 2.31. The number of piperidine rings is 1. The SMILES string of the molecule is Cc1nc(CO)c(-c2ccc3c(c2)CCC(Cc2ccc(F)cc2)O3)c(N2CCC(C)(C)CC2)c1CC(=O)OC(C)C. The van der Waals surface area contributed by atoms with E-state index in [1.165, 1.54) is 12.1 Å². The summed E-state index contributed by atoms with van der Waals surface area (Å²) in [6.45, 7) is 11.8. The lowest BCUT2D eigenvalue weighted by Gasteiger charge is -2.40. The predicted molar refractivity (Wildman–Crippen MR) is 163 cm³/mol. The van der Waals surface area contributed by atoms with Crippen LogP contribution in [0.15, 0.2) is 42.5 Å². The van der Waals surface area contributed by atoms with Crippen LogP contribution in [0.25, 0.3) is 11.1 Å². The Bertz CT molecular complexity index is 1420. The van der Waals surface area contributed by atoms with Crippen LogP contribution in [0.2, 0.25) is 0 Å². The van der Waals surface area contributed by atoms with Crippen molar-refractivity contribution in [3.05, 3.63) is 76.4 Å². The second-order valence-corrected chi connectivity index (χ2v) is 12.8. The first-order valence-electron chi connectivity index (χ1n) is 15.1. The van der Waals surface area contributed by atoms with Crippen molar-refractivity contribution in [1.29, 1.82) is 0 Å². The standard InChI is InChI=1S/C35H43FN2O4/c1-22(2)41-32(40)20-29-23(3)37-30(21-39)33(34(29)38-16-14-35(4,5)15-17-38)26-9-13-31-25(19-26)8-12-28(42-31)18-24-6-10-27(36)11-7-24/h6-7,9-11,13,19,22,28,39H,8,12,14-18,20-21H2,1-5H3. The van der Waals surface area contributed by atoms with Crippen LogP contribution < -0.4 is 9.64 Å². The van der Waals surface area contributed by atoms with Crippen LogP contribution in [0.1, 0.15) is 75.0 Å². The number of aliphatic hydroxyl groups excluding tert-OH is 1. The average Bonchev–Trinajstić information content (AvgIpc) is 2.94. The van der Waals surface area contributed by atoms with E-state index in [4.69, 9.17) is 14.5 Å². The number of carbonyl (C=O) groups excluding carboxylic acids is 1. The molecule has 1 saturated heterocycles. The first kappa shape index (κ1) is 30.0. The molecule has 1 N–H and O–H groups in total. The number of aryl methyl sites for hydroxylation is 2. The molecule has 2 aromatic carbocycles. The summed E-state index contributed by atoms with van der Waals surface area (Å²) in [5.74, 6) is 0.341. The summed E-state index contributed by atoms with van der Waals surface area (Å²) in [4.78, 5) is 20.1. The van der Waals surface area contributed by atoms with Crippen LogP contribution in [0.5, 0.6) is 5.75 Å². The van der Waals surface area contributed by atoms with E-state index >= 15 is 0 Å². The van der Waals surface area contributed by atoms with Crippen molar-refractivity contribution in [3.63, 3.8) is 0 Å². The minimum Gasteiger partial charge on any atom is -0.490 e. The summed E-state index contributed by atoms with van der Waals surface area (Å²) >= 11 is 0. The number of halogens is 1. The number of hydrogen-bond acceptors (Lipinski definition) is 6. The smallest absolute Gasteiger partial charge is 0.310 e. The van der Waals surface area contributed by atoms with E-state index in [-0.39, 0.29) is 42.4 Å². The van der Waals surface area contributed by atoms with Crippen molar-refractivity contribution in [3.8, 4) is 16.9 Å². The van der Waals surface area contributed by atoms with Gasteiger partial charge in [-0.3, -0.25) is 9.78 Å². The third-order valence-electron chi connectivity index (χ3n) is 8.58. The molecule has 0 aliphatic carbocycles. The fraction of sp³-hybridized carbons (Fsp3) is 0.486. The topological polar surface area (TPSA) is 71.9 Å². The second kappa shape index (κ2) is 12.4. The van der Waals surface area contributed by atoms with Crippen LogP contribution in [0, 0.1) is 18.2 Å². The zero-order valence-electron chi connectivity index (χ0n) is 25.5. The Morgan fingerprint density at radius 2 is 1.88 bits per heavy atom. The Morgan fingerprint density at radius 1 is 1.17 bits per heavy atom. The van der Waals surface area contributed by atoms with Gasteiger partial charge in [0.25, 0.3) is 0 Å². The molecule has 0 bridgehead atoms. The van der Waals surface area contributed by atoms with Crippen molar-refractivity contribution in [1.82, 2.24) is 4.98 Å². The van der Waals surface area contributed by atoms with Gasteiger partial charge in [-0.05, 0) is 92.8 Å². The molecule has 1 fully saturated rings. The lowest BCUT2D eigenvalue weighted by atomic mass is 9.82. The Morgan fingerprint density at radius 3 is 2.55 bits per heavy atom. The van der Waals surface area contributed by atoms with E-state index in [0.29, 0.717) is 5.69 Å². The predicted octanol–water partition coefficient (Wildman–Crippen LogP) is 6.75. The van der Waals surface area contributed by atoms with Gasteiger partial charge < -0.3 is 19.5 Å². The number of rotatable bonds is 8. The summed E-state index contributed by atoms with van der Waals surface area (Å²) < 4.78 is 25.3. The molecule has 0 radical (unpaired) electrons. The third kappa shape index (κ3) is 6.78. The zero-order valence-corrected chi connectivity index (χ0v) is 25.5. The molecule has 5 rings (SSSR count). The number of anilines is 1. The molecule has 42 heavy (non-hydrogen) atoms. The van der Waals surface area contributed by atoms with Gasteiger partial charge in [-0.1, -0.05) is 32.0 Å². The van der Waals surface area contributed by atoms with Crippen LogP contribution in [0.3, 0.4) is 0 Å². The molecule has 6 nitrogen and oxygen atoms in total. The number of carbonyl (C=O) groups is 1. The normalized spacial score (nSPS) is 18.0. The summed E-state index contributed by atoms with van der Waals surface area (Å²) in [5.41, 5.74) is 7.46. The van der Waals surface area contributed by atoms with Gasteiger partial charge in [0.15, 0.2) is 0 Å². The monoisotopic (exact) mass is 574 g/mol. The number of aliphatic hydroxyl groups is 1. The fourth-order valence-electron chi connectivity index (χ4n) is 6.18. The molecule has 0 amide bonds. The number of aromatic nitrogens is 1. The van der Waals surface area contributed by atoms with E-state index in [9.17, 15) is 14.3 Å². The molecule has 0 saturated carbocycles. The van der Waals surface area contributed by atoms with Gasteiger partial charge in [0.05, 0.1) is 30.5 Å². The van der Waals surface area contributed by atoms with Crippen molar-refractivity contribution in [2.45, 2.75) is 92.0 Å². The minimum atomic E-state index is -0.276. The van der Waals surface area contributed by atoms with Crippen molar-refractivity contribution < 1.29 is 23.8 Å². The largest absolute Gasteiger partial charge is 0.490 e.